The van der Waals surface area contributed by atoms with Crippen LogP contribution in [0.15, 0.2) is 0 Å². The zero-order valence-electron chi connectivity index (χ0n) is 9.54. The van der Waals surface area contributed by atoms with E-state index in [-0.39, 0.29) is 18.6 Å². The topological polar surface area (TPSA) is 60.2 Å². The fraction of sp³-hybridized carbons (Fsp3) is 1.00. The summed E-state index contributed by atoms with van der Waals surface area (Å²) in [5.74, 6) is 0.116. The molecule has 0 amide bonds. The Morgan fingerprint density at radius 1 is 1.29 bits per heavy atom. The van der Waals surface area contributed by atoms with Gasteiger partial charge < -0.3 is 5.73 Å². The highest BCUT2D eigenvalue weighted by atomic mass is 32.2. The van der Waals surface area contributed by atoms with Crippen molar-refractivity contribution < 1.29 is 21.6 Å². The fourth-order valence-electron chi connectivity index (χ4n) is 2.18. The minimum absolute atomic E-state index is 0.101. The summed E-state index contributed by atoms with van der Waals surface area (Å²) in [7, 11) is -3.19. The molecule has 0 aromatic rings. The summed E-state index contributed by atoms with van der Waals surface area (Å²) >= 11 is 0. The summed E-state index contributed by atoms with van der Waals surface area (Å²) < 4.78 is 59.2. The lowest BCUT2D eigenvalue weighted by atomic mass is 10.0. The third kappa shape index (κ3) is 4.83. The van der Waals surface area contributed by atoms with E-state index in [2.05, 4.69) is 0 Å². The molecule has 0 aliphatic carbocycles. The summed E-state index contributed by atoms with van der Waals surface area (Å²) in [6, 6.07) is -0.664. The quantitative estimate of drug-likeness (QED) is 0.852. The second-order valence-corrected chi connectivity index (χ2v) is 6.91. The zero-order chi connectivity index (χ0) is 13.1. The first-order valence-electron chi connectivity index (χ1n) is 5.76. The number of nitrogens with two attached hydrogens (primary N) is 1. The second-order valence-electron chi connectivity index (χ2n) is 4.57. The van der Waals surface area contributed by atoms with E-state index in [0.717, 1.165) is 6.42 Å². The van der Waals surface area contributed by atoms with Crippen molar-refractivity contribution in [2.45, 2.75) is 56.0 Å². The molecule has 3 nitrogen and oxygen atoms in total. The second kappa shape index (κ2) is 5.56. The van der Waals surface area contributed by atoms with E-state index in [9.17, 15) is 21.6 Å². The average Bonchev–Trinajstić information content (AvgIpc) is 2.14. The summed E-state index contributed by atoms with van der Waals surface area (Å²) in [5.41, 5.74) is 5.71. The Balaban J connectivity index is 2.44. The Kier molecular flexibility index (Phi) is 4.83. The number of hydrogen-bond acceptors (Lipinski definition) is 3. The maximum Gasteiger partial charge on any atom is 0.389 e. The first-order chi connectivity index (χ1) is 7.72. The van der Waals surface area contributed by atoms with Crippen LogP contribution in [0.2, 0.25) is 0 Å². The summed E-state index contributed by atoms with van der Waals surface area (Å²) in [6.45, 7) is 0. The number of alkyl halides is 3. The van der Waals surface area contributed by atoms with Crippen molar-refractivity contribution >= 4 is 9.84 Å². The van der Waals surface area contributed by atoms with E-state index >= 15 is 0 Å². The fourth-order valence-corrected chi connectivity index (χ4v) is 4.29. The average molecular weight is 273 g/mol. The third-order valence-electron chi connectivity index (χ3n) is 3.10. The Bertz CT molecular complexity index is 340. The van der Waals surface area contributed by atoms with Gasteiger partial charge in [0.15, 0.2) is 9.84 Å². The standard InChI is InChI=1S/C10H18F3NO2S/c11-10(12,13)6-3-4-8(14)9-5-1-2-7-17(9,15)16/h8-9H,1-7,14H2. The van der Waals surface area contributed by atoms with Crippen molar-refractivity contribution in [3.8, 4) is 0 Å². The predicted molar refractivity (Wildman–Crippen MR) is 59.3 cm³/mol. The lowest BCUT2D eigenvalue weighted by Crippen LogP contribution is -2.43. The van der Waals surface area contributed by atoms with Gasteiger partial charge in [-0.2, -0.15) is 13.2 Å². The zero-order valence-corrected chi connectivity index (χ0v) is 10.4. The minimum atomic E-state index is -4.19. The lowest BCUT2D eigenvalue weighted by Gasteiger charge is -2.27. The molecular weight excluding hydrogens is 255 g/mol. The highest BCUT2D eigenvalue weighted by Crippen LogP contribution is 2.26. The van der Waals surface area contributed by atoms with Gasteiger partial charge in [0.1, 0.15) is 0 Å². The molecule has 1 fully saturated rings. The van der Waals surface area contributed by atoms with Crippen molar-refractivity contribution in [2.24, 2.45) is 5.73 Å². The smallest absolute Gasteiger partial charge is 0.327 e. The van der Waals surface area contributed by atoms with Gasteiger partial charge in [-0.1, -0.05) is 6.42 Å². The number of halogens is 3. The van der Waals surface area contributed by atoms with Crippen molar-refractivity contribution in [2.75, 3.05) is 5.75 Å². The molecule has 102 valence electrons. The van der Waals surface area contributed by atoms with Gasteiger partial charge in [0.25, 0.3) is 0 Å². The van der Waals surface area contributed by atoms with E-state index in [1.54, 1.807) is 0 Å². The first-order valence-corrected chi connectivity index (χ1v) is 7.48. The van der Waals surface area contributed by atoms with E-state index in [1.165, 1.54) is 0 Å². The molecule has 0 aromatic heterocycles. The summed E-state index contributed by atoms with van der Waals surface area (Å²) in [6.07, 6.45) is -3.17. The van der Waals surface area contributed by atoms with Gasteiger partial charge in [0.05, 0.1) is 11.0 Å². The third-order valence-corrected chi connectivity index (χ3v) is 5.47. The molecule has 0 aromatic carbocycles. The Morgan fingerprint density at radius 3 is 2.47 bits per heavy atom. The summed E-state index contributed by atoms with van der Waals surface area (Å²) in [4.78, 5) is 0. The Hall–Kier alpha value is -0.300. The van der Waals surface area contributed by atoms with Crippen LogP contribution in [0.3, 0.4) is 0 Å². The van der Waals surface area contributed by atoms with E-state index in [4.69, 9.17) is 5.73 Å². The van der Waals surface area contributed by atoms with Gasteiger partial charge >= 0.3 is 6.18 Å². The molecule has 2 atom stereocenters. The molecule has 0 radical (unpaired) electrons. The molecule has 1 heterocycles. The monoisotopic (exact) mass is 273 g/mol. The predicted octanol–water partition coefficient (Wildman–Crippen LogP) is 2.01. The van der Waals surface area contributed by atoms with Crippen molar-refractivity contribution in [1.29, 1.82) is 0 Å². The molecule has 2 unspecified atom stereocenters. The van der Waals surface area contributed by atoms with Gasteiger partial charge in [-0.15, -0.1) is 0 Å². The largest absolute Gasteiger partial charge is 0.389 e. The lowest BCUT2D eigenvalue weighted by molar-refractivity contribution is -0.135. The van der Waals surface area contributed by atoms with E-state index in [0.29, 0.717) is 12.8 Å². The van der Waals surface area contributed by atoms with Gasteiger partial charge in [-0.25, -0.2) is 8.42 Å². The maximum absolute atomic E-state index is 11.9. The molecule has 0 bridgehead atoms. The van der Waals surface area contributed by atoms with Crippen LogP contribution in [0, 0.1) is 0 Å². The molecule has 2 N–H and O–H groups in total. The number of rotatable bonds is 4. The normalized spacial score (nSPS) is 26.7. The van der Waals surface area contributed by atoms with Crippen LogP contribution in [0.25, 0.3) is 0 Å². The number of sulfone groups is 1. The molecule has 0 spiro atoms. The van der Waals surface area contributed by atoms with Gasteiger partial charge in [0.2, 0.25) is 0 Å². The molecule has 17 heavy (non-hydrogen) atoms. The van der Waals surface area contributed by atoms with Crippen LogP contribution >= 0.6 is 0 Å². The van der Waals surface area contributed by atoms with Crippen molar-refractivity contribution in [3.63, 3.8) is 0 Å². The van der Waals surface area contributed by atoms with Crippen molar-refractivity contribution in [3.05, 3.63) is 0 Å². The van der Waals surface area contributed by atoms with Crippen molar-refractivity contribution in [1.82, 2.24) is 0 Å². The van der Waals surface area contributed by atoms with Gasteiger partial charge in [0, 0.05) is 12.5 Å². The van der Waals surface area contributed by atoms with Crippen LogP contribution < -0.4 is 5.73 Å². The van der Waals surface area contributed by atoms with E-state index < -0.39 is 33.7 Å². The molecule has 1 aliphatic heterocycles. The minimum Gasteiger partial charge on any atom is -0.327 e. The molecule has 7 heteroatoms. The Labute approximate surface area is 99.5 Å². The van der Waals surface area contributed by atoms with Crippen LogP contribution in [-0.2, 0) is 9.84 Å². The summed E-state index contributed by atoms with van der Waals surface area (Å²) in [5, 5.41) is -0.649. The van der Waals surface area contributed by atoms with Crippen LogP contribution in [0.4, 0.5) is 13.2 Å². The highest BCUT2D eigenvalue weighted by Gasteiger charge is 2.34. The molecule has 0 saturated carbocycles. The Morgan fingerprint density at radius 2 is 1.94 bits per heavy atom. The van der Waals surface area contributed by atoms with Gasteiger partial charge in [-0.05, 0) is 25.7 Å². The highest BCUT2D eigenvalue weighted by molar-refractivity contribution is 7.92. The SMILES string of the molecule is NC(CCCC(F)(F)F)C1CCCCS1(=O)=O. The molecule has 1 rings (SSSR count). The van der Waals surface area contributed by atoms with Crippen LogP contribution in [0.1, 0.15) is 38.5 Å². The maximum atomic E-state index is 11.9. The number of hydrogen-bond donors (Lipinski definition) is 1. The van der Waals surface area contributed by atoms with Crippen LogP contribution in [0.5, 0.6) is 0 Å². The molecular formula is C10H18F3NO2S. The molecule has 1 saturated heterocycles. The van der Waals surface area contributed by atoms with Crippen LogP contribution in [-0.4, -0.2) is 31.6 Å². The van der Waals surface area contributed by atoms with Gasteiger partial charge in [-0.3, -0.25) is 0 Å². The first kappa shape index (κ1) is 14.8. The van der Waals surface area contributed by atoms with E-state index in [1.807, 2.05) is 0 Å². The molecule has 1 aliphatic rings.